The molecule has 2 aliphatic rings. The van der Waals surface area contributed by atoms with E-state index in [-0.39, 0.29) is 5.91 Å². The van der Waals surface area contributed by atoms with Crippen LogP contribution in [-0.2, 0) is 4.79 Å². The van der Waals surface area contributed by atoms with Crippen molar-refractivity contribution in [3.8, 4) is 17.2 Å². The number of amides is 1. The average Bonchev–Trinajstić information content (AvgIpc) is 3.38. The second-order valence-electron chi connectivity index (χ2n) is 6.94. The standard InChI is InChI=1S/C19H23N3O3S/c1-2-24-16-6-4-3-5-14(16)18-21-22-19(25-18)26-11-17(23)20-15-10-12-7-8-13(15)9-12/h3-6,12-13,15H,2,7-11H2,1H3,(H,20,23)/t12-,13-,15+/m1/s1. The third-order valence-corrected chi connectivity index (χ3v) is 6.05. The van der Waals surface area contributed by atoms with Crippen molar-refractivity contribution in [2.24, 2.45) is 11.8 Å². The SMILES string of the molecule is CCOc1ccccc1-c1nnc(SCC(=O)N[C@H]2C[C@@H]3CC[C@@H]2C3)o1. The number of fused-ring (bicyclic) bond motifs is 2. The van der Waals surface area contributed by atoms with E-state index in [9.17, 15) is 4.79 Å². The first-order chi connectivity index (χ1) is 12.7. The summed E-state index contributed by atoms with van der Waals surface area (Å²) in [5, 5.41) is 11.7. The first-order valence-corrected chi connectivity index (χ1v) is 10.2. The molecule has 1 heterocycles. The Bertz CT molecular complexity index is 779. The molecule has 1 amide bonds. The number of ether oxygens (including phenoxy) is 1. The molecule has 1 N–H and O–H groups in total. The van der Waals surface area contributed by atoms with Crippen LogP contribution in [0.4, 0.5) is 0 Å². The van der Waals surface area contributed by atoms with Crippen LogP contribution >= 0.6 is 11.8 Å². The van der Waals surface area contributed by atoms with Crippen LogP contribution in [-0.4, -0.2) is 34.5 Å². The average molecular weight is 373 g/mol. The molecule has 2 saturated carbocycles. The Morgan fingerprint density at radius 1 is 1.31 bits per heavy atom. The number of hydrogen-bond donors (Lipinski definition) is 1. The third kappa shape index (κ3) is 3.72. The van der Waals surface area contributed by atoms with Gasteiger partial charge in [-0.05, 0) is 50.2 Å². The van der Waals surface area contributed by atoms with Gasteiger partial charge in [0.15, 0.2) is 0 Å². The number of carbonyl (C=O) groups excluding carboxylic acids is 1. The highest BCUT2D eigenvalue weighted by Gasteiger charge is 2.40. The summed E-state index contributed by atoms with van der Waals surface area (Å²) in [6.07, 6.45) is 5.01. The Morgan fingerprint density at radius 3 is 2.96 bits per heavy atom. The Hall–Kier alpha value is -2.02. The van der Waals surface area contributed by atoms with Crippen LogP contribution in [0.3, 0.4) is 0 Å². The first-order valence-electron chi connectivity index (χ1n) is 9.20. The largest absolute Gasteiger partial charge is 0.493 e. The van der Waals surface area contributed by atoms with Gasteiger partial charge in [0.05, 0.1) is 17.9 Å². The fourth-order valence-electron chi connectivity index (χ4n) is 4.10. The second kappa shape index (κ2) is 7.70. The van der Waals surface area contributed by atoms with Gasteiger partial charge in [-0.3, -0.25) is 4.79 Å². The molecule has 2 fully saturated rings. The molecular formula is C19H23N3O3S. The summed E-state index contributed by atoms with van der Waals surface area (Å²) in [4.78, 5) is 12.2. The van der Waals surface area contributed by atoms with E-state index in [1.54, 1.807) is 0 Å². The van der Waals surface area contributed by atoms with Crippen LogP contribution in [0.2, 0.25) is 0 Å². The number of nitrogens with one attached hydrogen (secondary N) is 1. The van der Waals surface area contributed by atoms with E-state index in [1.807, 2.05) is 31.2 Å². The highest BCUT2D eigenvalue weighted by Crippen LogP contribution is 2.44. The van der Waals surface area contributed by atoms with Gasteiger partial charge in [0.25, 0.3) is 11.1 Å². The van der Waals surface area contributed by atoms with Crippen LogP contribution in [0.5, 0.6) is 5.75 Å². The summed E-state index contributed by atoms with van der Waals surface area (Å²) < 4.78 is 11.3. The summed E-state index contributed by atoms with van der Waals surface area (Å²) in [7, 11) is 0. The Labute approximate surface area is 157 Å². The molecule has 2 bridgehead atoms. The lowest BCUT2D eigenvalue weighted by Gasteiger charge is -2.22. The molecule has 138 valence electrons. The fourth-order valence-corrected chi connectivity index (χ4v) is 4.67. The molecule has 0 saturated heterocycles. The summed E-state index contributed by atoms with van der Waals surface area (Å²) in [5.41, 5.74) is 0.764. The maximum atomic E-state index is 12.2. The van der Waals surface area contributed by atoms with Gasteiger partial charge in [-0.2, -0.15) is 0 Å². The topological polar surface area (TPSA) is 77.2 Å². The minimum absolute atomic E-state index is 0.0435. The van der Waals surface area contributed by atoms with Crippen molar-refractivity contribution < 1.29 is 13.9 Å². The second-order valence-corrected chi connectivity index (χ2v) is 7.87. The predicted octanol–water partition coefficient (Wildman–Crippen LogP) is 3.53. The lowest BCUT2D eigenvalue weighted by atomic mass is 9.95. The predicted molar refractivity (Wildman–Crippen MR) is 99.0 cm³/mol. The highest BCUT2D eigenvalue weighted by atomic mass is 32.2. The molecule has 1 aromatic heterocycles. The van der Waals surface area contributed by atoms with E-state index in [0.717, 1.165) is 17.9 Å². The molecule has 0 spiro atoms. The van der Waals surface area contributed by atoms with Crippen molar-refractivity contribution >= 4 is 17.7 Å². The van der Waals surface area contributed by atoms with Crippen molar-refractivity contribution in [2.45, 2.75) is 43.9 Å². The van der Waals surface area contributed by atoms with Crippen LogP contribution in [0.15, 0.2) is 33.9 Å². The number of benzene rings is 1. The molecule has 2 aromatic rings. The third-order valence-electron chi connectivity index (χ3n) is 5.23. The molecule has 6 nitrogen and oxygen atoms in total. The molecule has 2 aliphatic carbocycles. The number of thioether (sulfide) groups is 1. The first kappa shape index (κ1) is 17.4. The molecule has 3 atom stereocenters. The maximum Gasteiger partial charge on any atom is 0.277 e. The zero-order chi connectivity index (χ0) is 17.9. The van der Waals surface area contributed by atoms with Gasteiger partial charge in [-0.1, -0.05) is 30.3 Å². The van der Waals surface area contributed by atoms with Gasteiger partial charge in [-0.15, -0.1) is 10.2 Å². The fraction of sp³-hybridized carbons (Fsp3) is 0.526. The summed E-state index contributed by atoms with van der Waals surface area (Å²) in [6.45, 7) is 2.50. The molecule has 0 aliphatic heterocycles. The molecule has 4 rings (SSSR count). The molecule has 0 radical (unpaired) electrons. The van der Waals surface area contributed by atoms with Crippen molar-refractivity contribution in [1.29, 1.82) is 0 Å². The summed E-state index contributed by atoms with van der Waals surface area (Å²) in [6, 6.07) is 7.92. The molecule has 0 unspecified atom stereocenters. The Morgan fingerprint density at radius 2 is 2.19 bits per heavy atom. The number of aromatic nitrogens is 2. The normalized spacial score (nSPS) is 24.0. The summed E-state index contributed by atoms with van der Waals surface area (Å²) >= 11 is 1.27. The molecule has 26 heavy (non-hydrogen) atoms. The molecule has 7 heteroatoms. The van der Waals surface area contributed by atoms with Crippen molar-refractivity contribution in [2.75, 3.05) is 12.4 Å². The number of rotatable bonds is 7. The number of hydrogen-bond acceptors (Lipinski definition) is 6. The maximum absolute atomic E-state index is 12.2. The van der Waals surface area contributed by atoms with Gasteiger partial charge in [0.1, 0.15) is 5.75 Å². The van der Waals surface area contributed by atoms with E-state index < -0.39 is 0 Å². The van der Waals surface area contributed by atoms with Crippen molar-refractivity contribution in [1.82, 2.24) is 15.5 Å². The number of para-hydroxylation sites is 1. The number of carbonyl (C=O) groups is 1. The van der Waals surface area contributed by atoms with Crippen LogP contribution in [0.25, 0.3) is 11.5 Å². The summed E-state index contributed by atoms with van der Waals surface area (Å²) in [5.74, 6) is 2.96. The lowest BCUT2D eigenvalue weighted by molar-refractivity contribution is -0.119. The van der Waals surface area contributed by atoms with E-state index >= 15 is 0 Å². The zero-order valence-electron chi connectivity index (χ0n) is 14.8. The van der Waals surface area contributed by atoms with Gasteiger partial charge in [0.2, 0.25) is 5.91 Å². The number of nitrogens with zero attached hydrogens (tertiary/aromatic N) is 2. The lowest BCUT2D eigenvalue weighted by Crippen LogP contribution is -2.39. The van der Waals surface area contributed by atoms with Crippen LogP contribution in [0.1, 0.15) is 32.6 Å². The highest BCUT2D eigenvalue weighted by molar-refractivity contribution is 7.99. The van der Waals surface area contributed by atoms with E-state index in [2.05, 4.69) is 15.5 Å². The van der Waals surface area contributed by atoms with Gasteiger partial charge >= 0.3 is 0 Å². The smallest absolute Gasteiger partial charge is 0.277 e. The molecular weight excluding hydrogens is 350 g/mol. The van der Waals surface area contributed by atoms with Crippen LogP contribution < -0.4 is 10.1 Å². The van der Waals surface area contributed by atoms with Crippen LogP contribution in [0, 0.1) is 11.8 Å². The minimum Gasteiger partial charge on any atom is -0.493 e. The van der Waals surface area contributed by atoms with E-state index in [1.165, 1.54) is 31.0 Å². The van der Waals surface area contributed by atoms with Gasteiger partial charge < -0.3 is 14.5 Å². The minimum atomic E-state index is 0.0435. The monoisotopic (exact) mass is 373 g/mol. The van der Waals surface area contributed by atoms with Crippen molar-refractivity contribution in [3.63, 3.8) is 0 Å². The van der Waals surface area contributed by atoms with Crippen molar-refractivity contribution in [3.05, 3.63) is 24.3 Å². The Kier molecular flexibility index (Phi) is 5.15. The quantitative estimate of drug-likeness (QED) is 0.748. The van der Waals surface area contributed by atoms with E-state index in [4.69, 9.17) is 9.15 Å². The molecule has 1 aromatic carbocycles. The van der Waals surface area contributed by atoms with Gasteiger partial charge in [0, 0.05) is 6.04 Å². The zero-order valence-corrected chi connectivity index (χ0v) is 15.6. The van der Waals surface area contributed by atoms with E-state index in [0.29, 0.717) is 41.2 Å². The van der Waals surface area contributed by atoms with Gasteiger partial charge in [-0.25, -0.2) is 0 Å². The Balaban J connectivity index is 1.33.